The van der Waals surface area contributed by atoms with Crippen LogP contribution in [0.3, 0.4) is 0 Å². The molecule has 0 aliphatic heterocycles. The maximum absolute atomic E-state index is 6.18. The monoisotopic (exact) mass is 670 g/mol. The molecule has 238 valence electrons. The topological polar surface area (TPSA) is 56.7 Å². The zero-order valence-electron chi connectivity index (χ0n) is 27.1. The van der Waals surface area contributed by atoms with E-state index in [-0.39, 0.29) is 0 Å². The molecule has 0 unspecified atom stereocenters. The van der Waals surface area contributed by atoms with Crippen molar-refractivity contribution in [2.75, 3.05) is 0 Å². The van der Waals surface area contributed by atoms with E-state index in [2.05, 4.69) is 126 Å². The molecule has 0 atom stereocenters. The van der Waals surface area contributed by atoms with Crippen molar-refractivity contribution in [3.63, 3.8) is 0 Å². The summed E-state index contributed by atoms with van der Waals surface area (Å²) < 4.78 is 10.9. The Kier molecular flexibility index (Phi) is 6.05. The molecule has 51 heavy (non-hydrogen) atoms. The molecule has 11 rings (SSSR count). The minimum absolute atomic E-state index is 0.577. The predicted octanol–water partition coefficient (Wildman–Crippen LogP) is 12.2. The molecule has 0 amide bonds. The summed E-state index contributed by atoms with van der Waals surface area (Å²) in [6.45, 7) is 0. The highest BCUT2D eigenvalue weighted by Crippen LogP contribution is 2.43. The zero-order chi connectivity index (χ0) is 33.5. The van der Waals surface area contributed by atoms with Gasteiger partial charge in [0, 0.05) is 48.1 Å². The van der Waals surface area contributed by atoms with Crippen LogP contribution in [0.4, 0.5) is 0 Å². The molecule has 6 heteroatoms. The second-order valence-electron chi connectivity index (χ2n) is 12.8. The molecule has 11 aromatic rings. The highest BCUT2D eigenvalue weighted by atomic mass is 32.1. The van der Waals surface area contributed by atoms with E-state index >= 15 is 0 Å². The maximum atomic E-state index is 6.18. The van der Waals surface area contributed by atoms with Gasteiger partial charge in [-0.15, -0.1) is 11.3 Å². The third-order valence-corrected chi connectivity index (χ3v) is 11.1. The van der Waals surface area contributed by atoms with E-state index in [1.165, 1.54) is 25.6 Å². The number of nitrogens with zero attached hydrogens (tertiary/aromatic N) is 4. The quantitative estimate of drug-likeness (QED) is 0.187. The van der Waals surface area contributed by atoms with Crippen molar-refractivity contribution in [3.8, 4) is 39.9 Å². The third-order valence-electron chi connectivity index (χ3n) is 9.87. The minimum Gasteiger partial charge on any atom is -0.456 e. The summed E-state index contributed by atoms with van der Waals surface area (Å²) >= 11 is 1.82. The van der Waals surface area contributed by atoms with Crippen LogP contribution in [-0.2, 0) is 0 Å². The number of para-hydroxylation sites is 2. The van der Waals surface area contributed by atoms with Crippen molar-refractivity contribution in [3.05, 3.63) is 158 Å². The number of thiophene rings is 1. The molecule has 4 heterocycles. The molecule has 0 N–H and O–H groups in total. The van der Waals surface area contributed by atoms with Crippen molar-refractivity contribution in [1.82, 2.24) is 19.5 Å². The van der Waals surface area contributed by atoms with Gasteiger partial charge in [-0.05, 0) is 53.6 Å². The zero-order valence-corrected chi connectivity index (χ0v) is 27.9. The Labute approximate surface area is 295 Å². The summed E-state index contributed by atoms with van der Waals surface area (Å²) in [6.07, 6.45) is 0. The fourth-order valence-corrected chi connectivity index (χ4v) is 8.74. The Balaban J connectivity index is 1.22. The lowest BCUT2D eigenvalue weighted by atomic mass is 10.0. The smallest absolute Gasteiger partial charge is 0.238 e. The largest absolute Gasteiger partial charge is 0.456 e. The van der Waals surface area contributed by atoms with Gasteiger partial charge in [-0.25, -0.2) is 4.98 Å². The van der Waals surface area contributed by atoms with Crippen molar-refractivity contribution >= 4 is 75.3 Å². The van der Waals surface area contributed by atoms with Crippen molar-refractivity contribution in [2.24, 2.45) is 0 Å². The van der Waals surface area contributed by atoms with Gasteiger partial charge in [0.15, 0.2) is 11.6 Å². The molecule has 0 radical (unpaired) electrons. The molecule has 0 fully saturated rings. The molecule has 0 aliphatic carbocycles. The highest BCUT2D eigenvalue weighted by Gasteiger charge is 2.21. The molecular weight excluding hydrogens is 645 g/mol. The molecule has 0 bridgehead atoms. The molecule has 4 aromatic heterocycles. The number of hydrogen-bond acceptors (Lipinski definition) is 5. The van der Waals surface area contributed by atoms with Crippen LogP contribution in [0, 0.1) is 0 Å². The molecule has 0 saturated carbocycles. The van der Waals surface area contributed by atoms with Crippen LogP contribution in [0.15, 0.2) is 162 Å². The standard InChI is InChI=1S/C45H26N4OS/c1-2-11-27(12-3-1)28-13-10-14-29(25-28)43-46-44(30-21-24-39-36(26-30)32-16-5-8-19-38(32)50-39)48-45(47-43)49-37-18-7-4-15-31(37)34-22-23-35-33-17-6-9-20-40(33)51-42(35)41(34)49/h1-26H. The normalized spacial score (nSPS) is 11.9. The summed E-state index contributed by atoms with van der Waals surface area (Å²) in [4.78, 5) is 15.8. The second-order valence-corrected chi connectivity index (χ2v) is 13.9. The average Bonchev–Trinajstić information content (AvgIpc) is 3.87. The van der Waals surface area contributed by atoms with E-state index in [1.54, 1.807) is 0 Å². The van der Waals surface area contributed by atoms with Crippen molar-refractivity contribution in [2.45, 2.75) is 0 Å². The summed E-state index contributed by atoms with van der Waals surface area (Å²) in [5.74, 6) is 1.79. The molecule has 0 spiro atoms. The summed E-state index contributed by atoms with van der Waals surface area (Å²) in [5, 5.41) is 6.91. The van der Waals surface area contributed by atoms with E-state index in [0.717, 1.165) is 60.6 Å². The number of hydrogen-bond donors (Lipinski definition) is 0. The fourth-order valence-electron chi connectivity index (χ4n) is 7.50. The molecule has 5 nitrogen and oxygen atoms in total. The van der Waals surface area contributed by atoms with Crippen molar-refractivity contribution < 1.29 is 4.42 Å². The second kappa shape index (κ2) is 10.9. The van der Waals surface area contributed by atoms with Crippen LogP contribution in [0.5, 0.6) is 0 Å². The van der Waals surface area contributed by atoms with Gasteiger partial charge < -0.3 is 4.42 Å². The van der Waals surface area contributed by atoms with Crippen LogP contribution in [0.2, 0.25) is 0 Å². The SMILES string of the molecule is c1ccc(-c2cccc(-c3nc(-c4ccc5oc6ccccc6c5c4)nc(-n4c5ccccc5c5ccc6c7ccccc7sc6c54)n3)c2)cc1. The van der Waals surface area contributed by atoms with Crippen LogP contribution in [0.1, 0.15) is 0 Å². The number of rotatable bonds is 4. The Morgan fingerprint density at radius 3 is 1.98 bits per heavy atom. The fraction of sp³-hybridized carbons (Fsp3) is 0. The molecular formula is C45H26N4OS. The maximum Gasteiger partial charge on any atom is 0.238 e. The lowest BCUT2D eigenvalue weighted by molar-refractivity contribution is 0.669. The van der Waals surface area contributed by atoms with Gasteiger partial charge in [0.2, 0.25) is 5.95 Å². The predicted molar refractivity (Wildman–Crippen MR) is 211 cm³/mol. The number of aromatic nitrogens is 4. The summed E-state index contributed by atoms with van der Waals surface area (Å²) in [5.41, 5.74) is 7.90. The van der Waals surface area contributed by atoms with Gasteiger partial charge in [0.05, 0.1) is 15.7 Å². The Bertz CT molecular complexity index is 3150. The van der Waals surface area contributed by atoms with Crippen LogP contribution in [0.25, 0.3) is 104 Å². The van der Waals surface area contributed by atoms with Crippen LogP contribution in [-0.4, -0.2) is 19.5 Å². The Hall–Kier alpha value is -6.63. The average molecular weight is 671 g/mol. The summed E-state index contributed by atoms with van der Waals surface area (Å²) in [6, 6.07) is 54.9. The first kappa shape index (κ1) is 28.2. The van der Waals surface area contributed by atoms with E-state index in [1.807, 2.05) is 47.7 Å². The van der Waals surface area contributed by atoms with Gasteiger partial charge in [0.25, 0.3) is 0 Å². The van der Waals surface area contributed by atoms with E-state index in [0.29, 0.717) is 17.6 Å². The minimum atomic E-state index is 0.577. The van der Waals surface area contributed by atoms with Crippen molar-refractivity contribution in [1.29, 1.82) is 0 Å². The Morgan fingerprint density at radius 1 is 0.431 bits per heavy atom. The number of fused-ring (bicyclic) bond motifs is 10. The molecule has 7 aromatic carbocycles. The van der Waals surface area contributed by atoms with Gasteiger partial charge in [-0.3, -0.25) is 4.57 Å². The first-order chi connectivity index (χ1) is 25.3. The van der Waals surface area contributed by atoms with Gasteiger partial charge in [-0.2, -0.15) is 9.97 Å². The lowest BCUT2D eigenvalue weighted by Gasteiger charge is -2.12. The lowest BCUT2D eigenvalue weighted by Crippen LogP contribution is -2.06. The molecule has 0 aliphatic rings. The van der Waals surface area contributed by atoms with Gasteiger partial charge >= 0.3 is 0 Å². The van der Waals surface area contributed by atoms with Crippen LogP contribution < -0.4 is 0 Å². The highest BCUT2D eigenvalue weighted by molar-refractivity contribution is 7.26. The summed E-state index contributed by atoms with van der Waals surface area (Å²) in [7, 11) is 0. The first-order valence-electron chi connectivity index (χ1n) is 16.9. The number of furan rings is 1. The number of benzene rings is 7. The first-order valence-corrected chi connectivity index (χ1v) is 17.8. The third kappa shape index (κ3) is 4.37. The van der Waals surface area contributed by atoms with E-state index in [9.17, 15) is 0 Å². The van der Waals surface area contributed by atoms with Crippen LogP contribution >= 0.6 is 11.3 Å². The van der Waals surface area contributed by atoms with Gasteiger partial charge in [0.1, 0.15) is 11.2 Å². The van der Waals surface area contributed by atoms with E-state index in [4.69, 9.17) is 19.4 Å². The molecule has 0 saturated heterocycles. The Morgan fingerprint density at radius 2 is 1.10 bits per heavy atom. The van der Waals surface area contributed by atoms with E-state index < -0.39 is 0 Å². The van der Waals surface area contributed by atoms with Gasteiger partial charge in [-0.1, -0.05) is 115 Å².